The molecule has 0 aliphatic heterocycles. The summed E-state index contributed by atoms with van der Waals surface area (Å²) in [6.07, 6.45) is 0.0460. The SMILES string of the molecule is N#CC1(c2cccc(Cl)c2F)CC(O)C1. The smallest absolute Gasteiger partial charge is 0.146 e. The van der Waals surface area contributed by atoms with Gasteiger partial charge in [0.1, 0.15) is 5.82 Å². The van der Waals surface area contributed by atoms with Gasteiger partial charge >= 0.3 is 0 Å². The Labute approximate surface area is 91.9 Å². The molecule has 4 heteroatoms. The van der Waals surface area contributed by atoms with E-state index in [0.717, 1.165) is 0 Å². The first-order valence-electron chi connectivity index (χ1n) is 4.63. The topological polar surface area (TPSA) is 44.0 Å². The Morgan fingerprint density at radius 3 is 2.73 bits per heavy atom. The highest BCUT2D eigenvalue weighted by molar-refractivity contribution is 6.30. The van der Waals surface area contributed by atoms with Crippen LogP contribution in [0.4, 0.5) is 4.39 Å². The lowest BCUT2D eigenvalue weighted by Gasteiger charge is -2.40. The number of rotatable bonds is 1. The summed E-state index contributed by atoms with van der Waals surface area (Å²) < 4.78 is 13.7. The number of aliphatic hydroxyl groups excluding tert-OH is 1. The maximum absolute atomic E-state index is 13.7. The zero-order valence-corrected chi connectivity index (χ0v) is 8.63. The highest BCUT2D eigenvalue weighted by Crippen LogP contribution is 2.45. The fourth-order valence-electron chi connectivity index (χ4n) is 1.99. The largest absolute Gasteiger partial charge is 0.393 e. The van der Waals surface area contributed by atoms with Crippen molar-refractivity contribution in [1.82, 2.24) is 0 Å². The molecular formula is C11H9ClFNO. The van der Waals surface area contributed by atoms with Crippen molar-refractivity contribution >= 4 is 11.6 Å². The van der Waals surface area contributed by atoms with Gasteiger partial charge < -0.3 is 5.11 Å². The third-order valence-electron chi connectivity index (χ3n) is 2.85. The van der Waals surface area contributed by atoms with Gasteiger partial charge in [-0.3, -0.25) is 0 Å². The highest BCUT2D eigenvalue weighted by Gasteiger charge is 2.47. The van der Waals surface area contributed by atoms with Crippen LogP contribution in [0, 0.1) is 17.1 Å². The van der Waals surface area contributed by atoms with E-state index in [9.17, 15) is 9.50 Å². The molecule has 0 bridgehead atoms. The Kier molecular flexibility index (Phi) is 2.41. The van der Waals surface area contributed by atoms with Crippen molar-refractivity contribution in [1.29, 1.82) is 5.26 Å². The minimum Gasteiger partial charge on any atom is -0.393 e. The van der Waals surface area contributed by atoms with Crippen LogP contribution in [0.3, 0.4) is 0 Å². The van der Waals surface area contributed by atoms with Gasteiger partial charge in [0.15, 0.2) is 0 Å². The lowest BCUT2D eigenvalue weighted by atomic mass is 9.63. The lowest BCUT2D eigenvalue weighted by Crippen LogP contribution is -2.44. The van der Waals surface area contributed by atoms with Crippen molar-refractivity contribution in [3.05, 3.63) is 34.6 Å². The molecule has 0 radical (unpaired) electrons. The Bertz CT molecular complexity index is 435. The van der Waals surface area contributed by atoms with Gasteiger partial charge in [-0.25, -0.2) is 4.39 Å². The Morgan fingerprint density at radius 2 is 2.20 bits per heavy atom. The van der Waals surface area contributed by atoms with E-state index >= 15 is 0 Å². The van der Waals surface area contributed by atoms with Crippen LogP contribution in [-0.2, 0) is 5.41 Å². The fourth-order valence-corrected chi connectivity index (χ4v) is 2.16. The third-order valence-corrected chi connectivity index (χ3v) is 3.14. The Hall–Kier alpha value is -1.11. The van der Waals surface area contributed by atoms with Crippen LogP contribution in [0.15, 0.2) is 18.2 Å². The Balaban J connectivity index is 2.46. The molecule has 1 N–H and O–H groups in total. The summed E-state index contributed by atoms with van der Waals surface area (Å²) in [6, 6.07) is 6.68. The second-order valence-electron chi connectivity index (χ2n) is 3.86. The molecule has 2 nitrogen and oxygen atoms in total. The summed E-state index contributed by atoms with van der Waals surface area (Å²) in [5.41, 5.74) is -0.600. The maximum atomic E-state index is 13.7. The molecule has 0 heterocycles. The first-order chi connectivity index (χ1) is 7.09. The number of hydrogen-bond acceptors (Lipinski definition) is 2. The lowest BCUT2D eigenvalue weighted by molar-refractivity contribution is 0.0432. The van der Waals surface area contributed by atoms with Crippen molar-refractivity contribution < 1.29 is 9.50 Å². The van der Waals surface area contributed by atoms with Crippen LogP contribution in [0.2, 0.25) is 5.02 Å². The molecule has 1 fully saturated rings. The number of aliphatic hydroxyl groups is 1. The summed E-state index contributed by atoms with van der Waals surface area (Å²) in [5.74, 6) is -0.549. The van der Waals surface area contributed by atoms with Gasteiger partial charge in [-0.15, -0.1) is 0 Å². The summed E-state index contributed by atoms with van der Waals surface area (Å²) in [4.78, 5) is 0. The molecule has 0 amide bonds. The molecule has 1 aromatic carbocycles. The van der Waals surface area contributed by atoms with Crippen molar-refractivity contribution in [2.75, 3.05) is 0 Å². The van der Waals surface area contributed by atoms with Gasteiger partial charge in [0, 0.05) is 5.56 Å². The predicted octanol–water partition coefficient (Wildman–Crippen LogP) is 2.40. The van der Waals surface area contributed by atoms with E-state index in [-0.39, 0.29) is 17.9 Å². The standard InChI is InChI=1S/C11H9ClFNO/c12-9-3-1-2-8(10(9)13)11(6-14)4-7(15)5-11/h1-3,7,15H,4-5H2. The van der Waals surface area contributed by atoms with E-state index in [0.29, 0.717) is 5.56 Å². The summed E-state index contributed by atoms with van der Waals surface area (Å²) in [5, 5.41) is 18.3. The number of nitriles is 1. The minimum absolute atomic E-state index is 0.0171. The summed E-state index contributed by atoms with van der Waals surface area (Å²) >= 11 is 5.65. The van der Waals surface area contributed by atoms with Crippen LogP contribution in [-0.4, -0.2) is 11.2 Å². The van der Waals surface area contributed by atoms with Gasteiger partial charge in [0.05, 0.1) is 22.6 Å². The van der Waals surface area contributed by atoms with Crippen LogP contribution in [0.25, 0.3) is 0 Å². The average Bonchev–Trinajstić information content (AvgIpc) is 2.17. The quantitative estimate of drug-likeness (QED) is 0.798. The number of halogens is 2. The van der Waals surface area contributed by atoms with Crippen LogP contribution < -0.4 is 0 Å². The average molecular weight is 226 g/mol. The highest BCUT2D eigenvalue weighted by atomic mass is 35.5. The predicted molar refractivity (Wildman–Crippen MR) is 53.9 cm³/mol. The van der Waals surface area contributed by atoms with E-state index in [2.05, 4.69) is 6.07 Å². The molecule has 15 heavy (non-hydrogen) atoms. The summed E-state index contributed by atoms with van der Waals surface area (Å²) in [7, 11) is 0. The van der Waals surface area contributed by atoms with Gasteiger partial charge in [-0.1, -0.05) is 23.7 Å². The molecule has 1 aliphatic carbocycles. The molecule has 0 atom stereocenters. The molecule has 0 unspecified atom stereocenters. The molecule has 2 rings (SSSR count). The van der Waals surface area contributed by atoms with E-state index in [1.165, 1.54) is 6.07 Å². The molecular weight excluding hydrogens is 217 g/mol. The van der Waals surface area contributed by atoms with Crippen molar-refractivity contribution in [2.45, 2.75) is 24.4 Å². The molecule has 0 spiro atoms. The third kappa shape index (κ3) is 1.50. The molecule has 1 aromatic rings. The molecule has 1 saturated carbocycles. The Morgan fingerprint density at radius 1 is 1.53 bits per heavy atom. The number of nitrogens with zero attached hydrogens (tertiary/aromatic N) is 1. The van der Waals surface area contributed by atoms with Crippen molar-refractivity contribution in [3.63, 3.8) is 0 Å². The molecule has 0 aromatic heterocycles. The first-order valence-corrected chi connectivity index (χ1v) is 5.01. The zero-order valence-electron chi connectivity index (χ0n) is 7.87. The zero-order chi connectivity index (χ0) is 11.1. The van der Waals surface area contributed by atoms with Crippen LogP contribution in [0.1, 0.15) is 18.4 Å². The number of hydrogen-bond donors (Lipinski definition) is 1. The van der Waals surface area contributed by atoms with Gasteiger partial charge in [0.2, 0.25) is 0 Å². The first kappa shape index (κ1) is 10.4. The second-order valence-corrected chi connectivity index (χ2v) is 4.26. The number of benzene rings is 1. The van der Waals surface area contributed by atoms with Gasteiger partial charge in [-0.2, -0.15) is 5.26 Å². The molecule has 1 aliphatic rings. The second kappa shape index (κ2) is 3.48. The monoisotopic (exact) mass is 225 g/mol. The summed E-state index contributed by atoms with van der Waals surface area (Å²) in [6.45, 7) is 0. The van der Waals surface area contributed by atoms with Crippen LogP contribution in [0.5, 0.6) is 0 Å². The van der Waals surface area contributed by atoms with E-state index in [1.54, 1.807) is 12.1 Å². The van der Waals surface area contributed by atoms with Crippen molar-refractivity contribution in [2.24, 2.45) is 0 Å². The van der Waals surface area contributed by atoms with E-state index in [4.69, 9.17) is 16.9 Å². The van der Waals surface area contributed by atoms with E-state index < -0.39 is 17.3 Å². The maximum Gasteiger partial charge on any atom is 0.146 e. The van der Waals surface area contributed by atoms with E-state index in [1.807, 2.05) is 0 Å². The van der Waals surface area contributed by atoms with Crippen molar-refractivity contribution in [3.8, 4) is 6.07 Å². The van der Waals surface area contributed by atoms with Gasteiger partial charge in [0.25, 0.3) is 0 Å². The molecule has 0 saturated heterocycles. The normalized spacial score (nSPS) is 29.3. The molecule has 78 valence electrons. The van der Waals surface area contributed by atoms with Gasteiger partial charge in [-0.05, 0) is 18.9 Å². The van der Waals surface area contributed by atoms with Crippen LogP contribution >= 0.6 is 11.6 Å². The minimum atomic E-state index is -0.894. The fraction of sp³-hybridized carbons (Fsp3) is 0.364.